The molecule has 2 aliphatic rings. The van der Waals surface area contributed by atoms with Crippen molar-refractivity contribution in [3.63, 3.8) is 0 Å². The van der Waals surface area contributed by atoms with E-state index in [4.69, 9.17) is 4.74 Å². The van der Waals surface area contributed by atoms with E-state index in [2.05, 4.69) is 19.1 Å². The van der Waals surface area contributed by atoms with Crippen LogP contribution in [0.25, 0.3) is 0 Å². The van der Waals surface area contributed by atoms with Crippen molar-refractivity contribution in [3.05, 3.63) is 35.4 Å². The monoisotopic (exact) mass is 346 g/mol. The molecule has 0 bridgehead atoms. The summed E-state index contributed by atoms with van der Waals surface area (Å²) in [5.41, 5.74) is 2.11. The third kappa shape index (κ3) is 3.95. The van der Waals surface area contributed by atoms with Gasteiger partial charge in [-0.15, -0.1) is 0 Å². The molecular formula is C19H26N2O4. The highest BCUT2D eigenvalue weighted by atomic mass is 16.6. The van der Waals surface area contributed by atoms with Gasteiger partial charge in [0.1, 0.15) is 13.2 Å². The largest absolute Gasteiger partial charge is 0.448 e. The number of benzene rings is 1. The molecule has 6 nitrogen and oxygen atoms in total. The summed E-state index contributed by atoms with van der Waals surface area (Å²) in [7, 11) is 0. The zero-order valence-corrected chi connectivity index (χ0v) is 14.7. The molecule has 2 fully saturated rings. The van der Waals surface area contributed by atoms with E-state index in [-0.39, 0.29) is 24.5 Å². The Morgan fingerprint density at radius 1 is 1.32 bits per heavy atom. The van der Waals surface area contributed by atoms with Gasteiger partial charge in [-0.2, -0.15) is 0 Å². The number of rotatable bonds is 5. The van der Waals surface area contributed by atoms with E-state index in [1.807, 2.05) is 12.1 Å². The number of ether oxygens (including phenoxy) is 1. The first kappa shape index (κ1) is 17.7. The Morgan fingerprint density at radius 3 is 2.80 bits per heavy atom. The molecule has 0 aliphatic carbocycles. The first-order chi connectivity index (χ1) is 12.0. The molecule has 2 aliphatic heterocycles. The molecule has 136 valence electrons. The molecule has 0 aromatic heterocycles. The molecule has 1 aromatic carbocycles. The second-order valence-corrected chi connectivity index (χ2v) is 7.22. The quantitative estimate of drug-likeness (QED) is 0.879. The van der Waals surface area contributed by atoms with Crippen molar-refractivity contribution in [2.75, 3.05) is 39.4 Å². The lowest BCUT2D eigenvalue weighted by Crippen LogP contribution is -2.51. The van der Waals surface area contributed by atoms with Crippen molar-refractivity contribution < 1.29 is 19.4 Å². The summed E-state index contributed by atoms with van der Waals surface area (Å²) in [5.74, 6) is -0.0684. The van der Waals surface area contributed by atoms with Crippen molar-refractivity contribution in [1.82, 2.24) is 9.80 Å². The zero-order valence-electron chi connectivity index (χ0n) is 14.7. The van der Waals surface area contributed by atoms with Crippen molar-refractivity contribution >= 4 is 12.0 Å². The number of amides is 2. The van der Waals surface area contributed by atoms with Gasteiger partial charge in [0.05, 0.1) is 13.2 Å². The molecule has 3 rings (SSSR count). The van der Waals surface area contributed by atoms with Crippen molar-refractivity contribution in [1.29, 1.82) is 0 Å². The summed E-state index contributed by atoms with van der Waals surface area (Å²) >= 11 is 0. The number of hydrogen-bond donors (Lipinski definition) is 1. The van der Waals surface area contributed by atoms with Gasteiger partial charge in [-0.3, -0.25) is 9.69 Å². The van der Waals surface area contributed by atoms with E-state index >= 15 is 0 Å². The van der Waals surface area contributed by atoms with Crippen LogP contribution in [-0.4, -0.2) is 66.3 Å². The Morgan fingerprint density at radius 2 is 2.12 bits per heavy atom. The maximum atomic E-state index is 12.6. The minimum Gasteiger partial charge on any atom is -0.448 e. The van der Waals surface area contributed by atoms with Crippen LogP contribution in [0.2, 0.25) is 0 Å². The molecule has 6 heteroatoms. The fourth-order valence-electron chi connectivity index (χ4n) is 3.80. The van der Waals surface area contributed by atoms with Crippen LogP contribution in [0.3, 0.4) is 0 Å². The number of likely N-dealkylation sites (tertiary alicyclic amines) is 1. The molecule has 1 atom stereocenters. The zero-order chi connectivity index (χ0) is 17.9. The number of nitrogens with zero attached hydrogens (tertiary/aromatic N) is 2. The van der Waals surface area contributed by atoms with E-state index in [1.54, 1.807) is 4.90 Å². The van der Waals surface area contributed by atoms with Crippen LogP contribution in [0.5, 0.6) is 0 Å². The Kier molecular flexibility index (Phi) is 5.27. The van der Waals surface area contributed by atoms with Gasteiger partial charge in [0, 0.05) is 18.5 Å². The molecule has 0 saturated carbocycles. The van der Waals surface area contributed by atoms with E-state index in [0.717, 1.165) is 19.3 Å². The van der Waals surface area contributed by atoms with Crippen LogP contribution in [0, 0.1) is 12.3 Å². The lowest BCUT2D eigenvalue weighted by molar-refractivity contribution is -0.136. The second-order valence-electron chi connectivity index (χ2n) is 7.22. The highest BCUT2D eigenvalue weighted by Gasteiger charge is 2.38. The molecule has 1 N–H and O–H groups in total. The average Bonchev–Trinajstić information content (AvgIpc) is 3.02. The molecule has 25 heavy (non-hydrogen) atoms. The lowest BCUT2D eigenvalue weighted by atomic mass is 9.75. The number of carbonyl (C=O) groups excluding carboxylic acids is 2. The number of carbonyl (C=O) groups is 2. The first-order valence-corrected chi connectivity index (χ1v) is 8.88. The summed E-state index contributed by atoms with van der Waals surface area (Å²) in [6.45, 7) is 4.20. The minimum atomic E-state index is -0.418. The Labute approximate surface area is 148 Å². The number of aliphatic hydroxyl groups excluding tert-OH is 1. The summed E-state index contributed by atoms with van der Waals surface area (Å²) in [5, 5.41) is 10.1. The number of hydrogen-bond acceptors (Lipinski definition) is 4. The van der Waals surface area contributed by atoms with Gasteiger partial charge < -0.3 is 14.7 Å². The predicted octanol–water partition coefficient (Wildman–Crippen LogP) is 1.59. The van der Waals surface area contributed by atoms with Crippen molar-refractivity contribution in [2.24, 2.45) is 5.41 Å². The van der Waals surface area contributed by atoms with Crippen molar-refractivity contribution in [3.8, 4) is 0 Å². The number of aliphatic hydroxyl groups is 1. The SMILES string of the molecule is Cc1ccccc1C[C@@]1(CO)CCCN(C(=O)CN2CCOC2=O)C1. The third-order valence-electron chi connectivity index (χ3n) is 5.35. The van der Waals surface area contributed by atoms with Gasteiger partial charge in [0.2, 0.25) is 5.91 Å². The van der Waals surface area contributed by atoms with E-state index in [1.165, 1.54) is 16.0 Å². The van der Waals surface area contributed by atoms with Crippen LogP contribution in [0.15, 0.2) is 24.3 Å². The summed E-state index contributed by atoms with van der Waals surface area (Å²) < 4.78 is 4.88. The molecule has 2 amide bonds. The lowest BCUT2D eigenvalue weighted by Gasteiger charge is -2.42. The van der Waals surface area contributed by atoms with Crippen molar-refractivity contribution in [2.45, 2.75) is 26.2 Å². The Bertz CT molecular complexity index is 648. The first-order valence-electron chi connectivity index (χ1n) is 8.88. The van der Waals surface area contributed by atoms with Crippen LogP contribution in [0.1, 0.15) is 24.0 Å². The molecule has 1 aromatic rings. The molecule has 0 unspecified atom stereocenters. The van der Waals surface area contributed by atoms with Gasteiger partial charge in [0.15, 0.2) is 0 Å². The van der Waals surface area contributed by atoms with Crippen LogP contribution < -0.4 is 0 Å². The van der Waals surface area contributed by atoms with Crippen LogP contribution >= 0.6 is 0 Å². The molecule has 2 heterocycles. The predicted molar refractivity (Wildman–Crippen MR) is 93.1 cm³/mol. The maximum Gasteiger partial charge on any atom is 0.410 e. The van der Waals surface area contributed by atoms with Gasteiger partial charge in [0.25, 0.3) is 0 Å². The smallest absolute Gasteiger partial charge is 0.410 e. The topological polar surface area (TPSA) is 70.1 Å². The van der Waals surface area contributed by atoms with E-state index in [0.29, 0.717) is 26.2 Å². The standard InChI is InChI=1S/C19H26N2O4/c1-15-5-2-3-6-16(15)11-19(14-22)7-4-8-21(13-19)17(23)12-20-9-10-25-18(20)24/h2-3,5-6,22H,4,7-14H2,1H3/t19-/m0/s1. The van der Waals surface area contributed by atoms with Gasteiger partial charge in [-0.1, -0.05) is 24.3 Å². The summed E-state index contributed by atoms with van der Waals surface area (Å²) in [4.78, 5) is 27.4. The molecule has 0 spiro atoms. The van der Waals surface area contributed by atoms with E-state index in [9.17, 15) is 14.7 Å². The maximum absolute atomic E-state index is 12.6. The third-order valence-corrected chi connectivity index (χ3v) is 5.35. The fraction of sp³-hybridized carbons (Fsp3) is 0.579. The second kappa shape index (κ2) is 7.44. The van der Waals surface area contributed by atoms with E-state index < -0.39 is 6.09 Å². The Hall–Kier alpha value is -2.08. The number of aryl methyl sites for hydroxylation is 1. The summed E-state index contributed by atoms with van der Waals surface area (Å²) in [6.07, 6.45) is 2.10. The minimum absolute atomic E-state index is 0.0525. The molecule has 0 radical (unpaired) electrons. The number of cyclic esters (lactones) is 1. The molecular weight excluding hydrogens is 320 g/mol. The highest BCUT2D eigenvalue weighted by molar-refractivity contribution is 5.83. The average molecular weight is 346 g/mol. The van der Waals surface area contributed by atoms with Crippen LogP contribution in [-0.2, 0) is 16.0 Å². The van der Waals surface area contributed by atoms with Gasteiger partial charge in [-0.05, 0) is 37.3 Å². The Balaban J connectivity index is 1.68. The normalized spacial score (nSPS) is 23.7. The van der Waals surface area contributed by atoms with Gasteiger partial charge >= 0.3 is 6.09 Å². The van der Waals surface area contributed by atoms with Crippen LogP contribution in [0.4, 0.5) is 4.79 Å². The highest BCUT2D eigenvalue weighted by Crippen LogP contribution is 2.34. The summed E-state index contributed by atoms with van der Waals surface area (Å²) in [6, 6.07) is 8.19. The number of piperidine rings is 1. The fourth-order valence-corrected chi connectivity index (χ4v) is 3.80. The van der Waals surface area contributed by atoms with Gasteiger partial charge in [-0.25, -0.2) is 4.79 Å². The molecule has 2 saturated heterocycles.